The zero-order valence-corrected chi connectivity index (χ0v) is 22.4. The van der Waals surface area contributed by atoms with E-state index in [2.05, 4.69) is 57.1 Å². The molecule has 1 amide bonds. The van der Waals surface area contributed by atoms with Gasteiger partial charge in [-0.15, -0.1) is 16.4 Å². The first-order valence-corrected chi connectivity index (χ1v) is 13.0. The van der Waals surface area contributed by atoms with Gasteiger partial charge in [-0.05, 0) is 40.7 Å². The number of amides is 1. The summed E-state index contributed by atoms with van der Waals surface area (Å²) in [4.78, 5) is 29.6. The summed E-state index contributed by atoms with van der Waals surface area (Å²) in [6.07, 6.45) is 1.53. The highest BCUT2D eigenvalue weighted by Crippen LogP contribution is 2.42. The Morgan fingerprint density at radius 1 is 1.11 bits per heavy atom. The van der Waals surface area contributed by atoms with Gasteiger partial charge in [0.05, 0.1) is 16.8 Å². The number of nitro groups is 1. The first-order valence-electron chi connectivity index (χ1n) is 12.1. The van der Waals surface area contributed by atoms with Gasteiger partial charge in [-0.25, -0.2) is 4.98 Å². The fraction of sp³-hybridized carbons (Fsp3) is 0.500. The van der Waals surface area contributed by atoms with E-state index < -0.39 is 4.92 Å². The van der Waals surface area contributed by atoms with Crippen molar-refractivity contribution in [3.63, 3.8) is 0 Å². The number of H-pyrrole nitrogens is 1. The van der Waals surface area contributed by atoms with Crippen LogP contribution in [0.2, 0.25) is 0 Å². The second kappa shape index (κ2) is 9.31. The normalized spacial score (nSPS) is 15.3. The van der Waals surface area contributed by atoms with E-state index in [1.165, 1.54) is 6.07 Å². The van der Waals surface area contributed by atoms with Crippen LogP contribution < -0.4 is 0 Å². The molecule has 10 heteroatoms. The van der Waals surface area contributed by atoms with Gasteiger partial charge in [0, 0.05) is 41.1 Å². The number of piperidine rings is 1. The molecule has 0 atom stereocenters. The van der Waals surface area contributed by atoms with Crippen LogP contribution in [0.15, 0.2) is 23.6 Å². The second-order valence-electron chi connectivity index (χ2n) is 11.5. The van der Waals surface area contributed by atoms with Crippen molar-refractivity contribution in [1.82, 2.24) is 20.1 Å². The fourth-order valence-corrected chi connectivity index (χ4v) is 5.54. The van der Waals surface area contributed by atoms with Crippen LogP contribution in [0.4, 0.5) is 5.82 Å². The van der Waals surface area contributed by atoms with Crippen LogP contribution in [-0.2, 0) is 10.8 Å². The Morgan fingerprint density at radius 3 is 2.19 bits per heavy atom. The van der Waals surface area contributed by atoms with Crippen LogP contribution in [0.3, 0.4) is 0 Å². The molecule has 3 heterocycles. The summed E-state index contributed by atoms with van der Waals surface area (Å²) in [5.41, 5.74) is 3.34. The third kappa shape index (κ3) is 5.13. The van der Waals surface area contributed by atoms with Crippen molar-refractivity contribution in [2.24, 2.45) is 0 Å². The highest BCUT2D eigenvalue weighted by atomic mass is 32.1. The molecule has 3 aromatic rings. The number of nitrogens with zero attached hydrogens (tertiary/aromatic N) is 4. The fourth-order valence-electron chi connectivity index (χ4n) is 4.54. The molecule has 192 valence electrons. The molecule has 1 fully saturated rings. The number of carbonyl (C=O) groups excluding carboxylic acids is 1. The molecule has 0 radical (unpaired) electrons. The summed E-state index contributed by atoms with van der Waals surface area (Å²) in [7, 11) is 0. The second-order valence-corrected chi connectivity index (χ2v) is 12.3. The van der Waals surface area contributed by atoms with Gasteiger partial charge in [0.25, 0.3) is 5.91 Å². The molecule has 0 unspecified atom stereocenters. The minimum Gasteiger partial charge on any atom is -0.507 e. The molecule has 0 spiro atoms. The number of hydrogen-bond acceptors (Lipinski definition) is 7. The molecule has 1 aliphatic heterocycles. The summed E-state index contributed by atoms with van der Waals surface area (Å²) < 4.78 is 0. The number of benzene rings is 1. The first-order chi connectivity index (χ1) is 16.8. The van der Waals surface area contributed by atoms with Crippen molar-refractivity contribution in [3.8, 4) is 17.0 Å². The number of thiazole rings is 1. The van der Waals surface area contributed by atoms with Gasteiger partial charge >= 0.3 is 5.82 Å². The van der Waals surface area contributed by atoms with Crippen molar-refractivity contribution in [2.45, 2.75) is 71.1 Å². The van der Waals surface area contributed by atoms with Crippen LogP contribution in [0.1, 0.15) is 86.9 Å². The minimum atomic E-state index is -0.598. The lowest BCUT2D eigenvalue weighted by molar-refractivity contribution is -0.389. The van der Waals surface area contributed by atoms with Gasteiger partial charge in [-0.3, -0.25) is 4.79 Å². The Labute approximate surface area is 214 Å². The Kier molecular flexibility index (Phi) is 6.68. The van der Waals surface area contributed by atoms with Crippen molar-refractivity contribution in [3.05, 3.63) is 55.5 Å². The number of nitrogens with one attached hydrogen (secondary N) is 1. The third-order valence-electron chi connectivity index (χ3n) is 6.66. The van der Waals surface area contributed by atoms with Crippen molar-refractivity contribution < 1.29 is 14.8 Å². The van der Waals surface area contributed by atoms with E-state index in [0.717, 1.165) is 40.2 Å². The van der Waals surface area contributed by atoms with Crippen LogP contribution in [0.25, 0.3) is 11.3 Å². The Morgan fingerprint density at radius 2 is 1.69 bits per heavy atom. The number of aromatic nitrogens is 3. The van der Waals surface area contributed by atoms with Crippen molar-refractivity contribution >= 4 is 23.1 Å². The maximum atomic E-state index is 12.7. The monoisotopic (exact) mass is 511 g/mol. The Bertz CT molecular complexity index is 1260. The minimum absolute atomic E-state index is 0.0633. The highest BCUT2D eigenvalue weighted by Gasteiger charge is 2.30. The van der Waals surface area contributed by atoms with Gasteiger partial charge < -0.3 is 20.1 Å². The lowest BCUT2D eigenvalue weighted by atomic mass is 9.78. The number of hydrogen-bond donors (Lipinski definition) is 2. The maximum absolute atomic E-state index is 12.7. The average Bonchev–Trinajstić information content (AvgIpc) is 3.48. The molecule has 2 N–H and O–H groups in total. The summed E-state index contributed by atoms with van der Waals surface area (Å²) in [5.74, 6) is 0.00394. The van der Waals surface area contributed by atoms with E-state index in [0.29, 0.717) is 18.8 Å². The molecule has 4 rings (SSSR count). The summed E-state index contributed by atoms with van der Waals surface area (Å²) in [6, 6.07) is 5.28. The zero-order valence-electron chi connectivity index (χ0n) is 21.6. The number of phenolic OH excluding ortho intramolecular Hbond substituents is 1. The predicted molar refractivity (Wildman–Crippen MR) is 140 cm³/mol. The van der Waals surface area contributed by atoms with Gasteiger partial charge in [0.2, 0.25) is 0 Å². The van der Waals surface area contributed by atoms with E-state index in [4.69, 9.17) is 4.98 Å². The predicted octanol–water partition coefficient (Wildman–Crippen LogP) is 5.76. The van der Waals surface area contributed by atoms with Gasteiger partial charge in [0.15, 0.2) is 5.69 Å². The largest absolute Gasteiger partial charge is 0.507 e. The number of phenols is 1. The smallest absolute Gasteiger partial charge is 0.343 e. The standard InChI is InChI=1S/C26H33N5O4S/c1-25(2,3)17-11-16(12-18(22(17)32)26(4,5)6)20-14-36-23(27-20)15-7-9-30(10-8-15)24(33)19-13-21(29-28-19)31(34)35/h11-15,32H,7-10H2,1-6H3,(H,28,29). The highest BCUT2D eigenvalue weighted by molar-refractivity contribution is 7.10. The average molecular weight is 512 g/mol. The van der Waals surface area contributed by atoms with Gasteiger partial charge in [-0.2, -0.15) is 0 Å². The van der Waals surface area contributed by atoms with Crippen LogP contribution in [0.5, 0.6) is 5.75 Å². The van der Waals surface area contributed by atoms with Gasteiger partial charge in [0.1, 0.15) is 5.75 Å². The van der Waals surface area contributed by atoms with E-state index in [9.17, 15) is 20.0 Å². The molecule has 2 aromatic heterocycles. The molecule has 0 saturated carbocycles. The first kappa shape index (κ1) is 25.8. The SMILES string of the molecule is CC(C)(C)c1cc(-c2csc(C3CCN(C(=O)c4cc([N+](=O)[O-])[nH]n4)CC3)n2)cc(C(C)(C)C)c1O. The molecule has 9 nitrogen and oxygen atoms in total. The zero-order chi connectivity index (χ0) is 26.4. The van der Waals surface area contributed by atoms with E-state index in [-0.39, 0.29) is 34.2 Å². The molecule has 0 bridgehead atoms. The quantitative estimate of drug-likeness (QED) is 0.339. The number of aromatic amines is 1. The summed E-state index contributed by atoms with van der Waals surface area (Å²) in [6.45, 7) is 13.7. The van der Waals surface area contributed by atoms with E-state index in [1.807, 2.05) is 12.1 Å². The van der Waals surface area contributed by atoms with E-state index >= 15 is 0 Å². The summed E-state index contributed by atoms with van der Waals surface area (Å²) >= 11 is 1.62. The van der Waals surface area contributed by atoms with Gasteiger partial charge in [-0.1, -0.05) is 46.6 Å². The van der Waals surface area contributed by atoms with E-state index in [1.54, 1.807) is 16.2 Å². The number of likely N-dealkylation sites (tertiary alicyclic amines) is 1. The Hall–Kier alpha value is -3.27. The lowest BCUT2D eigenvalue weighted by Gasteiger charge is -2.30. The maximum Gasteiger partial charge on any atom is 0.343 e. The topological polar surface area (TPSA) is 125 Å². The van der Waals surface area contributed by atoms with Crippen molar-refractivity contribution in [1.29, 1.82) is 0 Å². The molecular weight excluding hydrogens is 478 g/mol. The van der Waals surface area contributed by atoms with Crippen LogP contribution >= 0.6 is 11.3 Å². The molecular formula is C26H33N5O4S. The Balaban J connectivity index is 1.52. The van der Waals surface area contributed by atoms with Crippen LogP contribution in [0, 0.1) is 10.1 Å². The molecule has 1 aliphatic rings. The number of rotatable bonds is 4. The molecule has 36 heavy (non-hydrogen) atoms. The van der Waals surface area contributed by atoms with Crippen molar-refractivity contribution in [2.75, 3.05) is 13.1 Å². The van der Waals surface area contributed by atoms with Crippen LogP contribution in [-0.4, -0.2) is 49.1 Å². The molecule has 0 aliphatic carbocycles. The lowest BCUT2D eigenvalue weighted by Crippen LogP contribution is -2.38. The summed E-state index contributed by atoms with van der Waals surface area (Å²) in [5, 5.41) is 31.1. The third-order valence-corrected chi connectivity index (χ3v) is 7.66. The number of aromatic hydroxyl groups is 1. The molecule has 1 saturated heterocycles. The number of carbonyl (C=O) groups is 1. The molecule has 1 aromatic carbocycles.